The maximum Gasteiger partial charge on any atom is 0.162 e. The fraction of sp³-hybridized carbons (Fsp3) is 0.524. The van der Waals surface area contributed by atoms with E-state index in [0.717, 1.165) is 36.1 Å². The summed E-state index contributed by atoms with van der Waals surface area (Å²) in [6.07, 6.45) is 7.00. The van der Waals surface area contributed by atoms with Gasteiger partial charge in [0.15, 0.2) is 11.5 Å². The Morgan fingerprint density at radius 2 is 1.88 bits per heavy atom. The zero-order chi connectivity index (χ0) is 17.9. The lowest BCUT2D eigenvalue weighted by atomic mass is 9.62. The lowest BCUT2D eigenvalue weighted by Crippen LogP contribution is -2.34. The quantitative estimate of drug-likeness (QED) is 0.773. The molecule has 1 aliphatic rings. The van der Waals surface area contributed by atoms with Gasteiger partial charge in [0.05, 0.1) is 20.0 Å². The van der Waals surface area contributed by atoms with Gasteiger partial charge in [0.25, 0.3) is 0 Å². The number of phenols is 1. The Morgan fingerprint density at radius 1 is 1.17 bits per heavy atom. The van der Waals surface area contributed by atoms with Crippen molar-refractivity contribution in [3.63, 3.8) is 0 Å². The second kappa shape index (κ2) is 7.33. The van der Waals surface area contributed by atoms with Crippen molar-refractivity contribution in [2.45, 2.75) is 52.4 Å². The SMILES string of the molecule is CCCC1(c2c(C)ccc(OC)c2O)CC(OC)=CC=C1C(C)C. The summed E-state index contributed by atoms with van der Waals surface area (Å²) in [6.45, 7) is 8.69. The third-order valence-electron chi connectivity index (χ3n) is 5.09. The first-order chi connectivity index (χ1) is 11.4. The van der Waals surface area contributed by atoms with Crippen LogP contribution in [0.1, 0.15) is 51.2 Å². The van der Waals surface area contributed by atoms with E-state index in [9.17, 15) is 5.11 Å². The highest BCUT2D eigenvalue weighted by Crippen LogP contribution is 2.52. The summed E-state index contributed by atoms with van der Waals surface area (Å²) in [5.41, 5.74) is 3.15. The molecule has 1 unspecified atom stereocenters. The molecule has 0 heterocycles. The average Bonchev–Trinajstić information content (AvgIpc) is 2.54. The molecule has 0 saturated carbocycles. The third-order valence-corrected chi connectivity index (χ3v) is 5.09. The van der Waals surface area contributed by atoms with Crippen LogP contribution in [0, 0.1) is 12.8 Å². The number of aryl methyl sites for hydroxylation is 1. The topological polar surface area (TPSA) is 38.7 Å². The smallest absolute Gasteiger partial charge is 0.162 e. The minimum atomic E-state index is -0.258. The number of benzene rings is 1. The molecule has 0 spiro atoms. The Morgan fingerprint density at radius 3 is 2.42 bits per heavy atom. The monoisotopic (exact) mass is 330 g/mol. The van der Waals surface area contributed by atoms with Crippen molar-refractivity contribution in [2.24, 2.45) is 5.92 Å². The zero-order valence-electron chi connectivity index (χ0n) is 15.8. The number of hydrogen-bond donors (Lipinski definition) is 1. The van der Waals surface area contributed by atoms with E-state index >= 15 is 0 Å². The van der Waals surface area contributed by atoms with E-state index in [2.05, 4.69) is 39.8 Å². The molecule has 0 aliphatic heterocycles. The maximum atomic E-state index is 11.0. The van der Waals surface area contributed by atoms with Crippen molar-refractivity contribution in [1.82, 2.24) is 0 Å². The van der Waals surface area contributed by atoms with E-state index in [-0.39, 0.29) is 11.2 Å². The second-order valence-electron chi connectivity index (χ2n) is 6.93. The first-order valence-corrected chi connectivity index (χ1v) is 8.73. The molecule has 1 aromatic carbocycles. The summed E-state index contributed by atoms with van der Waals surface area (Å²) < 4.78 is 11.0. The van der Waals surface area contributed by atoms with Gasteiger partial charge >= 0.3 is 0 Å². The molecule has 132 valence electrons. The number of ether oxygens (including phenoxy) is 2. The molecule has 3 nitrogen and oxygen atoms in total. The average molecular weight is 330 g/mol. The van der Waals surface area contributed by atoms with E-state index < -0.39 is 0 Å². The van der Waals surface area contributed by atoms with Crippen LogP contribution in [0.3, 0.4) is 0 Å². The molecular formula is C21H30O3. The molecule has 1 aliphatic carbocycles. The van der Waals surface area contributed by atoms with Crippen LogP contribution in [0.5, 0.6) is 11.5 Å². The minimum absolute atomic E-state index is 0.258. The molecular weight excluding hydrogens is 300 g/mol. The Bertz CT molecular complexity index is 655. The largest absolute Gasteiger partial charge is 0.504 e. The number of allylic oxidation sites excluding steroid dienone is 4. The predicted molar refractivity (Wildman–Crippen MR) is 98.6 cm³/mol. The summed E-state index contributed by atoms with van der Waals surface area (Å²) in [7, 11) is 3.32. The summed E-state index contributed by atoms with van der Waals surface area (Å²) in [6, 6.07) is 3.87. The highest BCUT2D eigenvalue weighted by atomic mass is 16.5. The Hall–Kier alpha value is -1.90. The van der Waals surface area contributed by atoms with Crippen LogP contribution in [0.2, 0.25) is 0 Å². The highest BCUT2D eigenvalue weighted by Gasteiger charge is 2.42. The molecule has 0 saturated heterocycles. The summed E-state index contributed by atoms with van der Waals surface area (Å²) in [5.74, 6) is 2.13. The van der Waals surface area contributed by atoms with Gasteiger partial charge in [0.2, 0.25) is 0 Å². The van der Waals surface area contributed by atoms with Crippen LogP contribution in [-0.2, 0) is 10.2 Å². The Kier molecular flexibility index (Phi) is 5.63. The third kappa shape index (κ3) is 3.04. The first kappa shape index (κ1) is 18.4. The number of phenolic OH excluding ortho intramolecular Hbond substituents is 1. The van der Waals surface area contributed by atoms with Crippen molar-refractivity contribution in [1.29, 1.82) is 0 Å². The van der Waals surface area contributed by atoms with Crippen LogP contribution < -0.4 is 4.74 Å². The molecule has 3 heteroatoms. The fourth-order valence-corrected chi connectivity index (χ4v) is 4.14. The Balaban J connectivity index is 2.77. The molecule has 2 rings (SSSR count). The molecule has 1 atom stereocenters. The lowest BCUT2D eigenvalue weighted by Gasteiger charge is -2.42. The number of hydrogen-bond acceptors (Lipinski definition) is 3. The van der Waals surface area contributed by atoms with Crippen LogP contribution in [0.25, 0.3) is 0 Å². The van der Waals surface area contributed by atoms with Gasteiger partial charge < -0.3 is 14.6 Å². The molecule has 24 heavy (non-hydrogen) atoms. The van der Waals surface area contributed by atoms with Crippen molar-refractivity contribution >= 4 is 0 Å². The van der Waals surface area contributed by atoms with Crippen LogP contribution in [-0.4, -0.2) is 19.3 Å². The zero-order valence-corrected chi connectivity index (χ0v) is 15.8. The molecule has 0 bridgehead atoms. The number of aromatic hydroxyl groups is 1. The van der Waals surface area contributed by atoms with Gasteiger partial charge in [0.1, 0.15) is 0 Å². The molecule has 0 amide bonds. The second-order valence-corrected chi connectivity index (χ2v) is 6.93. The minimum Gasteiger partial charge on any atom is -0.504 e. The van der Waals surface area contributed by atoms with E-state index in [1.54, 1.807) is 14.2 Å². The summed E-state index contributed by atoms with van der Waals surface area (Å²) in [5, 5.41) is 11.0. The van der Waals surface area contributed by atoms with Crippen molar-refractivity contribution in [2.75, 3.05) is 14.2 Å². The first-order valence-electron chi connectivity index (χ1n) is 8.73. The van der Waals surface area contributed by atoms with Crippen LogP contribution in [0.4, 0.5) is 0 Å². The van der Waals surface area contributed by atoms with Crippen LogP contribution in [0.15, 0.2) is 35.6 Å². The van der Waals surface area contributed by atoms with Gasteiger partial charge in [-0.25, -0.2) is 0 Å². The van der Waals surface area contributed by atoms with Crippen molar-refractivity contribution in [3.05, 3.63) is 46.7 Å². The van der Waals surface area contributed by atoms with Gasteiger partial charge in [-0.1, -0.05) is 44.9 Å². The highest BCUT2D eigenvalue weighted by molar-refractivity contribution is 5.58. The summed E-state index contributed by atoms with van der Waals surface area (Å²) in [4.78, 5) is 0. The van der Waals surface area contributed by atoms with Gasteiger partial charge in [-0.2, -0.15) is 0 Å². The molecule has 0 radical (unpaired) electrons. The predicted octanol–water partition coefficient (Wildman–Crippen LogP) is 5.26. The van der Waals surface area contributed by atoms with Gasteiger partial charge in [-0.15, -0.1) is 0 Å². The standard InChI is InChI=1S/C21H30O3/c1-7-12-21(13-16(23-5)9-10-17(21)14(2)3)19-15(4)8-11-18(24-6)20(19)22/h8-11,14,22H,7,12-13H2,1-6H3. The molecule has 1 N–H and O–H groups in total. The van der Waals surface area contributed by atoms with E-state index in [0.29, 0.717) is 11.7 Å². The van der Waals surface area contributed by atoms with Crippen LogP contribution >= 0.6 is 0 Å². The lowest BCUT2D eigenvalue weighted by molar-refractivity contribution is 0.240. The molecule has 0 fully saturated rings. The van der Waals surface area contributed by atoms with E-state index in [4.69, 9.17) is 9.47 Å². The molecule has 1 aromatic rings. The normalized spacial score (nSPS) is 20.6. The van der Waals surface area contributed by atoms with Gasteiger partial charge in [0, 0.05) is 17.4 Å². The summed E-state index contributed by atoms with van der Waals surface area (Å²) >= 11 is 0. The Labute approximate surface area is 146 Å². The van der Waals surface area contributed by atoms with Gasteiger partial charge in [-0.3, -0.25) is 0 Å². The van der Waals surface area contributed by atoms with E-state index in [1.165, 1.54) is 5.57 Å². The number of methoxy groups -OCH3 is 2. The van der Waals surface area contributed by atoms with Crippen molar-refractivity contribution < 1.29 is 14.6 Å². The van der Waals surface area contributed by atoms with Gasteiger partial charge in [-0.05, 0) is 37.0 Å². The molecule has 0 aromatic heterocycles. The fourth-order valence-electron chi connectivity index (χ4n) is 4.14. The van der Waals surface area contributed by atoms with Crippen molar-refractivity contribution in [3.8, 4) is 11.5 Å². The maximum absolute atomic E-state index is 11.0. The van der Waals surface area contributed by atoms with E-state index in [1.807, 2.05) is 12.1 Å². The number of rotatable bonds is 6.